The summed E-state index contributed by atoms with van der Waals surface area (Å²) in [6, 6.07) is 9.65. The van der Waals surface area contributed by atoms with Gasteiger partial charge in [0, 0.05) is 26.5 Å². The molecule has 0 N–H and O–H groups in total. The Balaban J connectivity index is 2.08. The highest BCUT2D eigenvalue weighted by molar-refractivity contribution is 8.23. The van der Waals surface area contributed by atoms with E-state index >= 15 is 0 Å². The third kappa shape index (κ3) is 4.27. The van der Waals surface area contributed by atoms with E-state index in [1.54, 1.807) is 4.90 Å². The van der Waals surface area contributed by atoms with Crippen LogP contribution in [0.2, 0.25) is 0 Å². The molecule has 1 amide bonds. The minimum absolute atomic E-state index is 0.223. The van der Waals surface area contributed by atoms with Crippen molar-refractivity contribution >= 4 is 34.2 Å². The van der Waals surface area contributed by atoms with Gasteiger partial charge >= 0.3 is 0 Å². The molecule has 120 valence electrons. The van der Waals surface area contributed by atoms with E-state index in [1.165, 1.54) is 26.0 Å². The number of benzene rings is 1. The third-order valence-corrected chi connectivity index (χ3v) is 4.68. The van der Waals surface area contributed by atoms with Crippen molar-refractivity contribution in [2.75, 3.05) is 26.5 Å². The molecule has 0 spiro atoms. The second-order valence-corrected chi connectivity index (χ2v) is 6.39. The fraction of sp³-hybridized carbons (Fsp3) is 0.467. The van der Waals surface area contributed by atoms with Gasteiger partial charge in [0.05, 0.1) is 6.61 Å². The molecule has 1 atom stereocenters. The van der Waals surface area contributed by atoms with Crippen molar-refractivity contribution in [2.24, 2.45) is 0 Å². The Labute approximate surface area is 139 Å². The Hall–Kier alpha value is -0.990. The molecule has 0 aliphatic carbocycles. The van der Waals surface area contributed by atoms with E-state index in [1.807, 2.05) is 30.3 Å². The highest BCUT2D eigenvalue weighted by Crippen LogP contribution is 2.21. The standard InChI is InChI=1S/C15H19NO4S2/c1-18-14(19-2)12(13(17)16-8-9-22-15(16)21)20-10-11-6-4-3-5-7-11/h3-7,12,14H,8-10H2,1-2H3/t12-/m0/s1. The van der Waals surface area contributed by atoms with Crippen LogP contribution in [0.3, 0.4) is 0 Å². The number of hydrogen-bond donors (Lipinski definition) is 0. The van der Waals surface area contributed by atoms with Crippen LogP contribution in [0.4, 0.5) is 0 Å². The number of hydrogen-bond acceptors (Lipinski definition) is 6. The number of nitrogens with zero attached hydrogens (tertiary/aromatic N) is 1. The summed E-state index contributed by atoms with van der Waals surface area (Å²) < 4.78 is 16.8. The van der Waals surface area contributed by atoms with Crippen LogP contribution in [0.15, 0.2) is 30.3 Å². The molecule has 2 rings (SSSR count). The maximum absolute atomic E-state index is 12.7. The zero-order valence-corrected chi connectivity index (χ0v) is 14.2. The lowest BCUT2D eigenvalue weighted by molar-refractivity contribution is -0.194. The molecule has 0 radical (unpaired) electrons. The summed E-state index contributed by atoms with van der Waals surface area (Å²) in [6.07, 6.45) is -1.63. The van der Waals surface area contributed by atoms with E-state index in [4.69, 9.17) is 26.4 Å². The average Bonchev–Trinajstić information content (AvgIpc) is 2.98. The van der Waals surface area contributed by atoms with Gasteiger partial charge in [-0.25, -0.2) is 0 Å². The zero-order valence-electron chi connectivity index (χ0n) is 12.6. The van der Waals surface area contributed by atoms with Gasteiger partial charge in [-0.15, -0.1) is 0 Å². The first-order valence-corrected chi connectivity index (χ1v) is 8.26. The zero-order chi connectivity index (χ0) is 15.9. The monoisotopic (exact) mass is 341 g/mol. The fourth-order valence-corrected chi connectivity index (χ4v) is 3.33. The van der Waals surface area contributed by atoms with Crippen molar-refractivity contribution in [3.63, 3.8) is 0 Å². The molecule has 1 aliphatic rings. The van der Waals surface area contributed by atoms with Gasteiger partial charge in [0.25, 0.3) is 5.91 Å². The summed E-state index contributed by atoms with van der Waals surface area (Å²) in [5, 5.41) is 0. The van der Waals surface area contributed by atoms with Crippen LogP contribution in [0.1, 0.15) is 5.56 Å². The Morgan fingerprint density at radius 1 is 1.32 bits per heavy atom. The Kier molecular flexibility index (Phi) is 6.78. The summed E-state index contributed by atoms with van der Waals surface area (Å²) in [6.45, 7) is 0.891. The summed E-state index contributed by atoms with van der Waals surface area (Å²) in [5.74, 6) is 0.584. The van der Waals surface area contributed by atoms with Gasteiger partial charge < -0.3 is 14.2 Å². The lowest BCUT2D eigenvalue weighted by Crippen LogP contribution is -2.47. The van der Waals surface area contributed by atoms with Crippen LogP contribution in [-0.4, -0.2) is 54.0 Å². The molecule has 1 aromatic rings. The molecule has 1 saturated heterocycles. The van der Waals surface area contributed by atoms with Crippen molar-refractivity contribution in [1.82, 2.24) is 4.90 Å². The summed E-state index contributed by atoms with van der Waals surface area (Å²) >= 11 is 6.70. The molecule has 1 fully saturated rings. The lowest BCUT2D eigenvalue weighted by atomic mass is 10.2. The smallest absolute Gasteiger partial charge is 0.262 e. The molecular formula is C15H19NO4S2. The lowest BCUT2D eigenvalue weighted by Gasteiger charge is -2.27. The third-order valence-electron chi connectivity index (χ3n) is 3.25. The molecule has 5 nitrogen and oxygen atoms in total. The number of thioether (sulfide) groups is 1. The molecule has 1 heterocycles. The normalized spacial score (nSPS) is 16.3. The summed E-state index contributed by atoms with van der Waals surface area (Å²) in [7, 11) is 2.97. The van der Waals surface area contributed by atoms with Crippen molar-refractivity contribution in [3.05, 3.63) is 35.9 Å². The van der Waals surface area contributed by atoms with Crippen LogP contribution >= 0.6 is 24.0 Å². The van der Waals surface area contributed by atoms with E-state index in [0.29, 0.717) is 17.5 Å². The minimum atomic E-state index is -0.855. The van der Waals surface area contributed by atoms with Gasteiger partial charge in [-0.2, -0.15) is 0 Å². The van der Waals surface area contributed by atoms with Crippen LogP contribution in [0, 0.1) is 0 Å². The number of thiocarbonyl (C=S) groups is 1. The number of carbonyl (C=O) groups is 1. The second kappa shape index (κ2) is 8.59. The van der Waals surface area contributed by atoms with Crippen molar-refractivity contribution in [1.29, 1.82) is 0 Å². The highest BCUT2D eigenvalue weighted by Gasteiger charge is 2.36. The number of amides is 1. The first-order valence-electron chi connectivity index (χ1n) is 6.86. The first kappa shape index (κ1) is 17.4. The van der Waals surface area contributed by atoms with E-state index in [2.05, 4.69) is 0 Å². The number of carbonyl (C=O) groups excluding carboxylic acids is 1. The van der Waals surface area contributed by atoms with Crippen molar-refractivity contribution < 1.29 is 19.0 Å². The molecule has 0 bridgehead atoms. The summed E-state index contributed by atoms with van der Waals surface area (Å²) in [4.78, 5) is 14.2. The van der Waals surface area contributed by atoms with Gasteiger partial charge in [0.2, 0.25) is 0 Å². The van der Waals surface area contributed by atoms with Gasteiger partial charge in [0.1, 0.15) is 4.32 Å². The van der Waals surface area contributed by atoms with Crippen LogP contribution in [0.5, 0.6) is 0 Å². The van der Waals surface area contributed by atoms with Crippen LogP contribution in [-0.2, 0) is 25.6 Å². The second-order valence-electron chi connectivity index (χ2n) is 4.66. The minimum Gasteiger partial charge on any atom is -0.358 e. The van der Waals surface area contributed by atoms with Crippen molar-refractivity contribution in [3.8, 4) is 0 Å². The molecule has 0 unspecified atom stereocenters. The molecule has 0 aromatic heterocycles. The first-order chi connectivity index (χ1) is 10.7. The number of ether oxygens (including phenoxy) is 3. The number of methoxy groups -OCH3 is 2. The molecule has 0 saturated carbocycles. The molecular weight excluding hydrogens is 322 g/mol. The van der Waals surface area contributed by atoms with Gasteiger partial charge in [-0.3, -0.25) is 9.69 Å². The van der Waals surface area contributed by atoms with E-state index < -0.39 is 12.4 Å². The molecule has 22 heavy (non-hydrogen) atoms. The highest BCUT2D eigenvalue weighted by atomic mass is 32.2. The van der Waals surface area contributed by atoms with Crippen molar-refractivity contribution in [2.45, 2.75) is 19.0 Å². The Morgan fingerprint density at radius 3 is 2.55 bits per heavy atom. The predicted molar refractivity (Wildman–Crippen MR) is 89.6 cm³/mol. The fourth-order valence-electron chi connectivity index (χ4n) is 2.12. The van der Waals surface area contributed by atoms with Crippen LogP contribution in [0.25, 0.3) is 0 Å². The van der Waals surface area contributed by atoms with E-state index in [0.717, 1.165) is 11.3 Å². The maximum Gasteiger partial charge on any atom is 0.262 e. The Morgan fingerprint density at radius 2 is 2.00 bits per heavy atom. The molecule has 1 aliphatic heterocycles. The quantitative estimate of drug-likeness (QED) is 0.559. The van der Waals surface area contributed by atoms with Gasteiger partial charge in [0.15, 0.2) is 12.4 Å². The summed E-state index contributed by atoms with van der Waals surface area (Å²) in [5.41, 5.74) is 0.977. The predicted octanol–water partition coefficient (Wildman–Crippen LogP) is 2.05. The average molecular weight is 341 g/mol. The van der Waals surface area contributed by atoms with E-state index in [-0.39, 0.29) is 5.91 Å². The maximum atomic E-state index is 12.7. The van der Waals surface area contributed by atoms with Gasteiger partial charge in [-0.05, 0) is 5.56 Å². The number of rotatable bonds is 7. The van der Waals surface area contributed by atoms with Gasteiger partial charge in [-0.1, -0.05) is 54.3 Å². The molecule has 7 heteroatoms. The topological polar surface area (TPSA) is 48.0 Å². The SMILES string of the molecule is COC(OC)[C@@H](OCc1ccccc1)C(=O)N1CCSC1=S. The van der Waals surface area contributed by atoms with E-state index in [9.17, 15) is 4.79 Å². The largest absolute Gasteiger partial charge is 0.358 e. The van der Waals surface area contributed by atoms with Crippen LogP contribution < -0.4 is 0 Å². The Bertz CT molecular complexity index is 508. The molecule has 1 aromatic carbocycles.